The van der Waals surface area contributed by atoms with E-state index in [4.69, 9.17) is 10.2 Å². The predicted octanol–water partition coefficient (Wildman–Crippen LogP) is 0.786. The second-order valence-corrected chi connectivity index (χ2v) is 5.80. The third-order valence-electron chi connectivity index (χ3n) is 3.94. The van der Waals surface area contributed by atoms with Crippen molar-refractivity contribution in [1.82, 2.24) is 15.2 Å². The van der Waals surface area contributed by atoms with Crippen LogP contribution in [0.1, 0.15) is 54.2 Å². The van der Waals surface area contributed by atoms with Gasteiger partial charge in [-0.25, -0.2) is 4.98 Å². The van der Waals surface area contributed by atoms with Gasteiger partial charge in [0.25, 0.3) is 5.91 Å². The molecule has 7 nitrogen and oxygen atoms in total. The third-order valence-corrected chi connectivity index (χ3v) is 3.94. The molecule has 1 fully saturated rings. The van der Waals surface area contributed by atoms with E-state index in [1.165, 1.54) is 0 Å². The van der Waals surface area contributed by atoms with Crippen LogP contribution in [0.5, 0.6) is 0 Å². The van der Waals surface area contributed by atoms with Crippen LogP contribution in [-0.2, 0) is 4.79 Å². The van der Waals surface area contributed by atoms with Gasteiger partial charge in [0, 0.05) is 19.0 Å². The molecular formula is C15H24N4O3. The summed E-state index contributed by atoms with van der Waals surface area (Å²) >= 11 is 0. The molecule has 1 atom stereocenters. The van der Waals surface area contributed by atoms with Gasteiger partial charge in [0.05, 0.1) is 11.7 Å². The summed E-state index contributed by atoms with van der Waals surface area (Å²) in [5.41, 5.74) is 5.96. The number of nitrogens with two attached hydrogens (primary N) is 1. The van der Waals surface area contributed by atoms with E-state index in [2.05, 4.69) is 10.3 Å². The van der Waals surface area contributed by atoms with E-state index in [-0.39, 0.29) is 23.6 Å². The molecule has 0 spiro atoms. The Morgan fingerprint density at radius 3 is 2.73 bits per heavy atom. The lowest BCUT2D eigenvalue weighted by atomic mass is 10.2. The van der Waals surface area contributed by atoms with Crippen molar-refractivity contribution in [2.24, 2.45) is 5.73 Å². The number of hydrogen-bond donors (Lipinski definition) is 2. The Morgan fingerprint density at radius 1 is 1.50 bits per heavy atom. The van der Waals surface area contributed by atoms with Gasteiger partial charge in [-0.05, 0) is 33.2 Å². The Kier molecular flexibility index (Phi) is 5.18. The lowest BCUT2D eigenvalue weighted by molar-refractivity contribution is -0.122. The molecule has 1 saturated carbocycles. The standard InChI is InChI=1S/C15H24N4O3/c1-4-11(13(16)20)19(3)8-7-17-14(21)12-9(2)18-15(22-12)10-5-6-10/h10-11H,4-8H2,1-3H3,(H2,16,20)(H,17,21). The number of rotatable bonds is 8. The summed E-state index contributed by atoms with van der Waals surface area (Å²) in [5.74, 6) is 0.715. The zero-order valence-corrected chi connectivity index (χ0v) is 13.4. The molecule has 1 aromatic heterocycles. The van der Waals surface area contributed by atoms with Crippen LogP contribution in [0.2, 0.25) is 0 Å². The van der Waals surface area contributed by atoms with E-state index in [1.807, 2.05) is 18.9 Å². The maximum absolute atomic E-state index is 12.1. The Morgan fingerprint density at radius 2 is 2.18 bits per heavy atom. The molecule has 1 aliphatic carbocycles. The minimum absolute atomic E-state index is 0.266. The van der Waals surface area contributed by atoms with Gasteiger partial charge in [0.2, 0.25) is 11.7 Å². The van der Waals surface area contributed by atoms with Crippen LogP contribution in [0.25, 0.3) is 0 Å². The second-order valence-electron chi connectivity index (χ2n) is 5.80. The Balaban J connectivity index is 1.83. The van der Waals surface area contributed by atoms with Gasteiger partial charge < -0.3 is 15.5 Å². The highest BCUT2D eigenvalue weighted by Crippen LogP contribution is 2.39. The molecule has 0 aliphatic heterocycles. The third kappa shape index (κ3) is 3.85. The summed E-state index contributed by atoms with van der Waals surface area (Å²) in [7, 11) is 1.82. The van der Waals surface area contributed by atoms with E-state index in [0.717, 1.165) is 12.8 Å². The molecule has 2 rings (SSSR count). The molecule has 2 amide bonds. The molecule has 0 saturated heterocycles. The first-order valence-electron chi connectivity index (χ1n) is 7.69. The van der Waals surface area contributed by atoms with Crippen molar-refractivity contribution in [2.75, 3.05) is 20.1 Å². The van der Waals surface area contributed by atoms with Crippen molar-refractivity contribution in [3.63, 3.8) is 0 Å². The molecule has 1 aliphatic rings. The van der Waals surface area contributed by atoms with Crippen molar-refractivity contribution in [3.8, 4) is 0 Å². The van der Waals surface area contributed by atoms with Gasteiger partial charge in [0.1, 0.15) is 0 Å². The van der Waals surface area contributed by atoms with Crippen LogP contribution in [0.15, 0.2) is 4.42 Å². The second kappa shape index (κ2) is 6.91. The fourth-order valence-corrected chi connectivity index (χ4v) is 2.44. The first-order chi connectivity index (χ1) is 10.4. The van der Waals surface area contributed by atoms with Gasteiger partial charge in [0.15, 0.2) is 5.89 Å². The largest absolute Gasteiger partial charge is 0.435 e. The zero-order chi connectivity index (χ0) is 16.3. The number of carbonyl (C=O) groups is 2. The van der Waals surface area contributed by atoms with Crippen molar-refractivity contribution in [3.05, 3.63) is 17.3 Å². The number of oxazole rings is 1. The van der Waals surface area contributed by atoms with Gasteiger partial charge in [-0.1, -0.05) is 6.92 Å². The zero-order valence-electron chi connectivity index (χ0n) is 13.4. The summed E-state index contributed by atoms with van der Waals surface area (Å²) in [6.07, 6.45) is 2.81. The number of hydrogen-bond acceptors (Lipinski definition) is 5. The molecule has 0 bridgehead atoms. The minimum Gasteiger partial charge on any atom is -0.435 e. The van der Waals surface area contributed by atoms with Crippen molar-refractivity contribution in [2.45, 2.75) is 45.1 Å². The van der Waals surface area contributed by atoms with Crippen LogP contribution in [0.4, 0.5) is 0 Å². The number of carbonyl (C=O) groups excluding carboxylic acids is 2. The number of nitrogens with zero attached hydrogens (tertiary/aromatic N) is 2. The fraction of sp³-hybridized carbons (Fsp3) is 0.667. The Labute approximate surface area is 130 Å². The van der Waals surface area contributed by atoms with E-state index >= 15 is 0 Å². The molecule has 22 heavy (non-hydrogen) atoms. The number of likely N-dealkylation sites (N-methyl/N-ethyl adjacent to an activating group) is 1. The highest BCUT2D eigenvalue weighted by atomic mass is 16.4. The van der Waals surface area contributed by atoms with Crippen LogP contribution < -0.4 is 11.1 Å². The fourth-order valence-electron chi connectivity index (χ4n) is 2.44. The summed E-state index contributed by atoms with van der Waals surface area (Å²) in [4.78, 5) is 29.5. The van der Waals surface area contributed by atoms with Gasteiger partial charge in [-0.15, -0.1) is 0 Å². The number of nitrogens with one attached hydrogen (secondary N) is 1. The van der Waals surface area contributed by atoms with Crippen molar-refractivity contribution >= 4 is 11.8 Å². The lowest BCUT2D eigenvalue weighted by Gasteiger charge is -2.24. The van der Waals surface area contributed by atoms with Gasteiger partial charge >= 0.3 is 0 Å². The number of aryl methyl sites for hydroxylation is 1. The van der Waals surface area contributed by atoms with Crippen LogP contribution in [0, 0.1) is 6.92 Å². The molecule has 0 aromatic carbocycles. The molecule has 122 valence electrons. The Bertz CT molecular complexity index is 551. The molecule has 1 heterocycles. The van der Waals surface area contributed by atoms with Crippen molar-refractivity contribution in [1.29, 1.82) is 0 Å². The van der Waals surface area contributed by atoms with Crippen LogP contribution >= 0.6 is 0 Å². The number of primary amides is 1. The summed E-state index contributed by atoms with van der Waals surface area (Å²) < 4.78 is 5.55. The maximum Gasteiger partial charge on any atom is 0.289 e. The van der Waals surface area contributed by atoms with Crippen molar-refractivity contribution < 1.29 is 14.0 Å². The SMILES string of the molecule is CCC(C(N)=O)N(C)CCNC(=O)c1oc(C2CC2)nc1C. The molecule has 0 radical (unpaired) electrons. The monoisotopic (exact) mass is 308 g/mol. The van der Waals surface area contributed by atoms with E-state index in [1.54, 1.807) is 6.92 Å². The highest BCUT2D eigenvalue weighted by Gasteiger charge is 2.30. The smallest absolute Gasteiger partial charge is 0.289 e. The molecule has 3 N–H and O–H groups in total. The summed E-state index contributed by atoms with van der Waals surface area (Å²) in [6, 6.07) is -0.314. The van der Waals surface area contributed by atoms with Gasteiger partial charge in [-0.2, -0.15) is 0 Å². The average molecular weight is 308 g/mol. The normalized spacial score (nSPS) is 15.8. The van der Waals surface area contributed by atoms with Gasteiger partial charge in [-0.3, -0.25) is 14.5 Å². The summed E-state index contributed by atoms with van der Waals surface area (Å²) in [5, 5.41) is 2.79. The van der Waals surface area contributed by atoms with E-state index in [0.29, 0.717) is 37.0 Å². The molecular weight excluding hydrogens is 284 g/mol. The molecule has 1 unspecified atom stereocenters. The predicted molar refractivity (Wildman–Crippen MR) is 81.5 cm³/mol. The first kappa shape index (κ1) is 16.5. The molecule has 7 heteroatoms. The van der Waals surface area contributed by atoms with Crippen LogP contribution in [0.3, 0.4) is 0 Å². The topological polar surface area (TPSA) is 101 Å². The quantitative estimate of drug-likeness (QED) is 0.739. The minimum atomic E-state index is -0.350. The summed E-state index contributed by atoms with van der Waals surface area (Å²) in [6.45, 7) is 4.63. The highest BCUT2D eigenvalue weighted by molar-refractivity contribution is 5.92. The number of amides is 2. The lowest BCUT2D eigenvalue weighted by Crippen LogP contribution is -2.45. The first-order valence-corrected chi connectivity index (χ1v) is 7.69. The number of aromatic nitrogens is 1. The maximum atomic E-state index is 12.1. The average Bonchev–Trinajstić information content (AvgIpc) is 3.22. The van der Waals surface area contributed by atoms with E-state index < -0.39 is 0 Å². The molecule has 1 aromatic rings. The van der Waals surface area contributed by atoms with Crippen LogP contribution in [-0.4, -0.2) is 47.9 Å². The van der Waals surface area contributed by atoms with E-state index in [9.17, 15) is 9.59 Å². The Hall–Kier alpha value is -1.89.